The first kappa shape index (κ1) is 13.1. The van der Waals surface area contributed by atoms with Crippen molar-refractivity contribution in [2.45, 2.75) is 32.2 Å². The highest BCUT2D eigenvalue weighted by Crippen LogP contribution is 2.42. The molecule has 1 N–H and O–H groups in total. The quantitative estimate of drug-likeness (QED) is 0.855. The zero-order valence-electron chi connectivity index (χ0n) is 10.9. The Balaban J connectivity index is 1.96. The molecule has 0 amide bonds. The van der Waals surface area contributed by atoms with Crippen molar-refractivity contribution in [1.82, 2.24) is 5.32 Å². The van der Waals surface area contributed by atoms with Gasteiger partial charge in [0.1, 0.15) is 5.76 Å². The highest BCUT2D eigenvalue weighted by molar-refractivity contribution is 9.10. The van der Waals surface area contributed by atoms with Gasteiger partial charge in [-0.2, -0.15) is 0 Å². The number of hydrogen-bond donors (Lipinski definition) is 1. The fourth-order valence-corrected chi connectivity index (χ4v) is 2.93. The maximum atomic E-state index is 13.8. The number of benzene rings is 1. The first-order valence-electron chi connectivity index (χ1n) is 6.81. The minimum atomic E-state index is -0.305. The van der Waals surface area contributed by atoms with E-state index >= 15 is 0 Å². The zero-order chi connectivity index (χ0) is 13.4. The lowest BCUT2D eigenvalue weighted by atomic mass is 10.1. The van der Waals surface area contributed by atoms with Crippen LogP contribution in [0.3, 0.4) is 0 Å². The molecule has 1 unspecified atom stereocenters. The van der Waals surface area contributed by atoms with Crippen molar-refractivity contribution in [2.75, 3.05) is 6.54 Å². The Hall–Kier alpha value is -0.870. The normalized spacial score (nSPS) is 17.0. The van der Waals surface area contributed by atoms with Gasteiger partial charge in [-0.15, -0.1) is 0 Å². The van der Waals surface area contributed by atoms with Gasteiger partial charge < -0.3 is 9.73 Å². The van der Waals surface area contributed by atoms with Crippen molar-refractivity contribution < 1.29 is 8.81 Å². The van der Waals surface area contributed by atoms with Crippen LogP contribution in [0, 0.1) is 11.7 Å². The van der Waals surface area contributed by atoms with E-state index in [4.69, 9.17) is 4.42 Å². The van der Waals surface area contributed by atoms with Gasteiger partial charge in [-0.1, -0.05) is 22.9 Å². The summed E-state index contributed by atoms with van der Waals surface area (Å²) in [7, 11) is 0. The van der Waals surface area contributed by atoms with E-state index in [1.165, 1.54) is 18.9 Å². The second-order valence-electron chi connectivity index (χ2n) is 5.22. The topological polar surface area (TPSA) is 25.2 Å². The highest BCUT2D eigenvalue weighted by atomic mass is 79.9. The van der Waals surface area contributed by atoms with Gasteiger partial charge >= 0.3 is 0 Å². The van der Waals surface area contributed by atoms with Gasteiger partial charge in [0.2, 0.25) is 0 Å². The summed E-state index contributed by atoms with van der Waals surface area (Å²) in [5.74, 6) is 1.20. The van der Waals surface area contributed by atoms with Crippen molar-refractivity contribution in [3.05, 3.63) is 34.2 Å². The monoisotopic (exact) mass is 325 g/mol. The summed E-state index contributed by atoms with van der Waals surface area (Å²) in [5, 5.41) is 4.34. The van der Waals surface area contributed by atoms with Crippen molar-refractivity contribution in [3.8, 4) is 0 Å². The van der Waals surface area contributed by atoms with E-state index in [0.29, 0.717) is 11.5 Å². The molecular weight excluding hydrogens is 309 g/mol. The van der Waals surface area contributed by atoms with Gasteiger partial charge in [-0.05, 0) is 49.9 Å². The Labute approximate surface area is 120 Å². The van der Waals surface area contributed by atoms with Crippen LogP contribution in [0.5, 0.6) is 0 Å². The van der Waals surface area contributed by atoms with E-state index in [2.05, 4.69) is 28.2 Å². The molecule has 2 nitrogen and oxygen atoms in total. The SMILES string of the molecule is CCCNC(c1cc2cc(Br)cc(F)c2o1)C1CC1. The van der Waals surface area contributed by atoms with Gasteiger partial charge in [-0.25, -0.2) is 4.39 Å². The standard InChI is InChI=1S/C15H17BrFNO/c1-2-5-18-14(9-3-4-9)13-7-10-6-11(16)8-12(17)15(10)19-13/h6-9,14,18H,2-5H2,1H3. The summed E-state index contributed by atoms with van der Waals surface area (Å²) in [6.07, 6.45) is 3.54. The largest absolute Gasteiger partial charge is 0.456 e. The van der Waals surface area contributed by atoms with Crippen molar-refractivity contribution in [3.63, 3.8) is 0 Å². The second kappa shape index (κ2) is 5.25. The van der Waals surface area contributed by atoms with E-state index in [1.807, 2.05) is 12.1 Å². The average molecular weight is 326 g/mol. The van der Waals surface area contributed by atoms with Crippen LogP contribution in [0.2, 0.25) is 0 Å². The molecule has 2 aromatic rings. The van der Waals surface area contributed by atoms with Gasteiger partial charge in [-0.3, -0.25) is 0 Å². The summed E-state index contributed by atoms with van der Waals surface area (Å²) in [6.45, 7) is 3.11. The fraction of sp³-hybridized carbons (Fsp3) is 0.467. The molecule has 1 atom stereocenters. The van der Waals surface area contributed by atoms with Crippen LogP contribution in [0.4, 0.5) is 4.39 Å². The number of rotatable bonds is 5. The molecule has 1 saturated carbocycles. The van der Waals surface area contributed by atoms with E-state index in [9.17, 15) is 4.39 Å². The number of halogens is 2. The minimum absolute atomic E-state index is 0.227. The lowest BCUT2D eigenvalue weighted by molar-refractivity contribution is 0.392. The smallest absolute Gasteiger partial charge is 0.170 e. The summed E-state index contributed by atoms with van der Waals surface area (Å²) in [4.78, 5) is 0. The van der Waals surface area contributed by atoms with Gasteiger partial charge in [0.15, 0.2) is 11.4 Å². The molecule has 0 bridgehead atoms. The molecule has 1 fully saturated rings. The maximum Gasteiger partial charge on any atom is 0.170 e. The Bertz CT molecular complexity index is 591. The lowest BCUT2D eigenvalue weighted by Crippen LogP contribution is -2.23. The summed E-state index contributed by atoms with van der Waals surface area (Å²) >= 11 is 3.32. The molecule has 0 saturated heterocycles. The lowest BCUT2D eigenvalue weighted by Gasteiger charge is -2.14. The molecule has 1 aliphatic rings. The molecule has 1 aromatic carbocycles. The predicted molar refractivity (Wildman–Crippen MR) is 77.6 cm³/mol. The van der Waals surface area contributed by atoms with Crippen molar-refractivity contribution >= 4 is 26.9 Å². The summed E-state index contributed by atoms with van der Waals surface area (Å²) in [6, 6.07) is 5.54. The third-order valence-electron chi connectivity index (χ3n) is 3.57. The Morgan fingerprint density at radius 1 is 1.42 bits per heavy atom. The van der Waals surface area contributed by atoms with Crippen LogP contribution in [-0.2, 0) is 0 Å². The number of furan rings is 1. The van der Waals surface area contributed by atoms with Gasteiger partial charge in [0.25, 0.3) is 0 Å². The molecule has 1 aromatic heterocycles. The van der Waals surface area contributed by atoms with Crippen LogP contribution in [-0.4, -0.2) is 6.54 Å². The van der Waals surface area contributed by atoms with Crippen LogP contribution < -0.4 is 5.32 Å². The minimum Gasteiger partial charge on any atom is -0.456 e. The molecule has 1 heterocycles. The molecule has 3 rings (SSSR count). The van der Waals surface area contributed by atoms with Crippen molar-refractivity contribution in [2.24, 2.45) is 5.92 Å². The second-order valence-corrected chi connectivity index (χ2v) is 6.14. The molecule has 0 aliphatic heterocycles. The van der Waals surface area contributed by atoms with Gasteiger partial charge in [0, 0.05) is 9.86 Å². The molecular formula is C15H17BrFNO. The van der Waals surface area contributed by atoms with E-state index in [1.54, 1.807) is 0 Å². The maximum absolute atomic E-state index is 13.8. The molecule has 0 spiro atoms. The fourth-order valence-electron chi connectivity index (χ4n) is 2.48. The number of hydrogen-bond acceptors (Lipinski definition) is 2. The molecule has 4 heteroatoms. The average Bonchev–Trinajstić information content (AvgIpc) is 3.10. The highest BCUT2D eigenvalue weighted by Gasteiger charge is 2.34. The molecule has 19 heavy (non-hydrogen) atoms. The molecule has 0 radical (unpaired) electrons. The third-order valence-corrected chi connectivity index (χ3v) is 4.03. The number of nitrogens with one attached hydrogen (secondary N) is 1. The first-order valence-corrected chi connectivity index (χ1v) is 7.60. The van der Waals surface area contributed by atoms with E-state index in [0.717, 1.165) is 28.6 Å². The first-order chi connectivity index (χ1) is 9.19. The zero-order valence-corrected chi connectivity index (χ0v) is 12.5. The van der Waals surface area contributed by atoms with Crippen LogP contribution in [0.1, 0.15) is 38.0 Å². The Kier molecular flexibility index (Phi) is 3.63. The Morgan fingerprint density at radius 3 is 2.89 bits per heavy atom. The Morgan fingerprint density at radius 2 is 2.21 bits per heavy atom. The van der Waals surface area contributed by atoms with Crippen LogP contribution in [0.25, 0.3) is 11.0 Å². The van der Waals surface area contributed by atoms with E-state index in [-0.39, 0.29) is 11.9 Å². The van der Waals surface area contributed by atoms with Crippen molar-refractivity contribution in [1.29, 1.82) is 0 Å². The van der Waals surface area contributed by atoms with E-state index < -0.39 is 0 Å². The molecule has 1 aliphatic carbocycles. The van der Waals surface area contributed by atoms with Gasteiger partial charge in [0.05, 0.1) is 6.04 Å². The summed E-state index contributed by atoms with van der Waals surface area (Å²) < 4.78 is 20.3. The van der Waals surface area contributed by atoms with Crippen LogP contribution >= 0.6 is 15.9 Å². The molecule has 102 valence electrons. The predicted octanol–water partition coefficient (Wildman–Crippen LogP) is 4.79. The van der Waals surface area contributed by atoms with Crippen LogP contribution in [0.15, 0.2) is 27.1 Å². The number of fused-ring (bicyclic) bond motifs is 1. The third kappa shape index (κ3) is 2.70. The summed E-state index contributed by atoms with van der Waals surface area (Å²) in [5.41, 5.74) is 0.363.